The number of nitrogens with one attached hydrogen (secondary N) is 4. The Bertz CT molecular complexity index is 1710. The number of hydrogen-bond donors (Lipinski definition) is 8. The maximum atomic E-state index is 13.8. The number of carbonyl (C=O) groups is 5. The van der Waals surface area contributed by atoms with Crippen molar-refractivity contribution in [2.75, 3.05) is 0 Å². The number of hydrogen-bond acceptors (Lipinski definition) is 7. The van der Waals surface area contributed by atoms with Gasteiger partial charge in [-0.15, -0.1) is 0 Å². The van der Waals surface area contributed by atoms with E-state index in [1.165, 1.54) is 12.1 Å². The molecule has 0 spiro atoms. The molecule has 4 aromatic rings. The highest BCUT2D eigenvalue weighted by molar-refractivity contribution is 5.95. The number of amides is 3. The van der Waals surface area contributed by atoms with E-state index in [4.69, 9.17) is 10.8 Å². The molecule has 0 aliphatic carbocycles. The van der Waals surface area contributed by atoms with Gasteiger partial charge in [0, 0.05) is 42.8 Å². The average molecular weight is 644 g/mol. The fourth-order valence-corrected chi connectivity index (χ4v) is 5.09. The van der Waals surface area contributed by atoms with Crippen LogP contribution in [0.2, 0.25) is 0 Å². The summed E-state index contributed by atoms with van der Waals surface area (Å²) in [5, 5.41) is 37.1. The summed E-state index contributed by atoms with van der Waals surface area (Å²) in [5.41, 5.74) is 8.65. The molecule has 0 saturated carbocycles. The second-order valence-electron chi connectivity index (χ2n) is 11.2. The number of benzene rings is 3. The normalized spacial score (nSPS) is 13.6. The van der Waals surface area contributed by atoms with E-state index < -0.39 is 53.8 Å². The van der Waals surface area contributed by atoms with Crippen LogP contribution in [0.1, 0.15) is 29.5 Å². The topological polar surface area (TPSA) is 224 Å². The Morgan fingerprint density at radius 3 is 1.89 bits per heavy atom. The predicted molar refractivity (Wildman–Crippen MR) is 172 cm³/mol. The molecular weight excluding hydrogens is 606 g/mol. The summed E-state index contributed by atoms with van der Waals surface area (Å²) in [6.45, 7) is 0. The first-order chi connectivity index (χ1) is 22.5. The molecule has 13 heteroatoms. The first kappa shape index (κ1) is 34.2. The summed E-state index contributed by atoms with van der Waals surface area (Å²) in [5.74, 6) is -4.64. The van der Waals surface area contributed by atoms with E-state index in [0.29, 0.717) is 16.7 Å². The fraction of sp³-hybridized carbons (Fsp3) is 0.265. The number of carboxylic acids is 2. The second-order valence-corrected chi connectivity index (χ2v) is 11.2. The van der Waals surface area contributed by atoms with Crippen molar-refractivity contribution >= 4 is 40.6 Å². The average Bonchev–Trinajstić information content (AvgIpc) is 3.46. The van der Waals surface area contributed by atoms with Crippen molar-refractivity contribution in [1.29, 1.82) is 0 Å². The first-order valence-electron chi connectivity index (χ1n) is 15.0. The van der Waals surface area contributed by atoms with Gasteiger partial charge in [0.1, 0.15) is 23.9 Å². The van der Waals surface area contributed by atoms with Gasteiger partial charge in [-0.1, -0.05) is 60.7 Å². The number of carbonyl (C=O) groups excluding carboxylic acids is 3. The third-order valence-electron chi connectivity index (χ3n) is 7.64. The summed E-state index contributed by atoms with van der Waals surface area (Å²) in [6, 6.07) is 17.1. The number of carboxylic acid groups (broad SMARTS) is 2. The molecule has 0 aliphatic rings. The number of H-pyrrole nitrogens is 1. The lowest BCUT2D eigenvalue weighted by atomic mass is 10.0. The number of rotatable bonds is 16. The zero-order valence-corrected chi connectivity index (χ0v) is 25.4. The summed E-state index contributed by atoms with van der Waals surface area (Å²) in [6.07, 6.45) is 1.14. The number of aromatic nitrogens is 1. The van der Waals surface area contributed by atoms with Crippen molar-refractivity contribution in [3.63, 3.8) is 0 Å². The Morgan fingerprint density at radius 1 is 0.681 bits per heavy atom. The first-order valence-corrected chi connectivity index (χ1v) is 15.0. The van der Waals surface area contributed by atoms with Crippen LogP contribution in [0, 0.1) is 0 Å². The highest BCUT2D eigenvalue weighted by Crippen LogP contribution is 2.20. The minimum Gasteiger partial charge on any atom is -0.508 e. The van der Waals surface area contributed by atoms with Gasteiger partial charge in [0.15, 0.2) is 0 Å². The van der Waals surface area contributed by atoms with Gasteiger partial charge < -0.3 is 42.0 Å². The molecular formula is C34H37N5O8. The zero-order valence-electron chi connectivity index (χ0n) is 25.4. The molecule has 0 bridgehead atoms. The van der Waals surface area contributed by atoms with Gasteiger partial charge in [-0.3, -0.25) is 19.2 Å². The quantitative estimate of drug-likeness (QED) is 0.0887. The Hall–Kier alpha value is -5.69. The molecule has 13 nitrogen and oxygen atoms in total. The van der Waals surface area contributed by atoms with Crippen LogP contribution < -0.4 is 21.7 Å². The van der Waals surface area contributed by atoms with E-state index in [0.717, 1.165) is 10.9 Å². The molecule has 1 heterocycles. The van der Waals surface area contributed by atoms with Gasteiger partial charge in [0.25, 0.3) is 0 Å². The SMILES string of the molecule is NC(CCC(=O)O)C(=O)NC(Cc1ccccc1)C(=O)NC(Cc1c[nH]c2ccccc12)C(=O)NC(Cc1ccc(O)cc1)C(=O)O. The van der Waals surface area contributed by atoms with Crippen LogP contribution in [-0.2, 0) is 43.2 Å². The summed E-state index contributed by atoms with van der Waals surface area (Å²) in [7, 11) is 0. The van der Waals surface area contributed by atoms with Gasteiger partial charge in [-0.2, -0.15) is 0 Å². The third-order valence-corrected chi connectivity index (χ3v) is 7.64. The molecule has 4 atom stereocenters. The monoisotopic (exact) mass is 643 g/mol. The third kappa shape index (κ3) is 9.90. The maximum absolute atomic E-state index is 13.8. The molecule has 4 unspecified atom stereocenters. The molecule has 47 heavy (non-hydrogen) atoms. The summed E-state index contributed by atoms with van der Waals surface area (Å²) >= 11 is 0. The van der Waals surface area contributed by atoms with Crippen LogP contribution >= 0.6 is 0 Å². The van der Waals surface area contributed by atoms with Crippen LogP contribution in [0.15, 0.2) is 85.1 Å². The Labute approximate surface area is 270 Å². The molecule has 4 rings (SSSR count). The highest BCUT2D eigenvalue weighted by atomic mass is 16.4. The van der Waals surface area contributed by atoms with Gasteiger partial charge in [0.2, 0.25) is 17.7 Å². The van der Waals surface area contributed by atoms with Crippen LogP contribution in [-0.4, -0.2) is 74.1 Å². The molecule has 3 aromatic carbocycles. The van der Waals surface area contributed by atoms with Crippen LogP contribution in [0.25, 0.3) is 10.9 Å². The minimum atomic E-state index is -1.36. The van der Waals surface area contributed by atoms with Crippen LogP contribution in [0.3, 0.4) is 0 Å². The highest BCUT2D eigenvalue weighted by Gasteiger charge is 2.31. The number of fused-ring (bicyclic) bond motifs is 1. The van der Waals surface area contributed by atoms with E-state index >= 15 is 0 Å². The lowest BCUT2D eigenvalue weighted by Gasteiger charge is -2.25. The van der Waals surface area contributed by atoms with Crippen molar-refractivity contribution in [2.24, 2.45) is 5.73 Å². The smallest absolute Gasteiger partial charge is 0.326 e. The van der Waals surface area contributed by atoms with Crippen molar-refractivity contribution in [3.05, 3.63) is 102 Å². The summed E-state index contributed by atoms with van der Waals surface area (Å²) in [4.78, 5) is 66.8. The number of aliphatic carboxylic acids is 2. The largest absolute Gasteiger partial charge is 0.508 e. The number of aromatic amines is 1. The molecule has 9 N–H and O–H groups in total. The lowest BCUT2D eigenvalue weighted by molar-refractivity contribution is -0.142. The molecule has 0 radical (unpaired) electrons. The van der Waals surface area contributed by atoms with Crippen molar-refractivity contribution in [1.82, 2.24) is 20.9 Å². The van der Waals surface area contributed by atoms with Gasteiger partial charge in [0.05, 0.1) is 6.04 Å². The number of phenols is 1. The Kier molecular flexibility index (Phi) is 11.7. The fourth-order valence-electron chi connectivity index (χ4n) is 5.09. The molecule has 0 aliphatic heterocycles. The van der Waals surface area contributed by atoms with E-state index in [9.17, 15) is 34.2 Å². The lowest BCUT2D eigenvalue weighted by Crippen LogP contribution is -2.58. The zero-order chi connectivity index (χ0) is 33.9. The Balaban J connectivity index is 1.59. The number of phenolic OH excluding ortho intramolecular Hbond substituents is 1. The van der Waals surface area contributed by atoms with E-state index in [1.54, 1.807) is 48.7 Å². The van der Waals surface area contributed by atoms with E-state index in [2.05, 4.69) is 20.9 Å². The maximum Gasteiger partial charge on any atom is 0.326 e. The molecule has 3 amide bonds. The minimum absolute atomic E-state index is 0.00570. The number of nitrogens with two attached hydrogens (primary N) is 1. The van der Waals surface area contributed by atoms with Crippen LogP contribution in [0.4, 0.5) is 0 Å². The Morgan fingerprint density at radius 2 is 1.23 bits per heavy atom. The predicted octanol–water partition coefficient (Wildman–Crippen LogP) is 1.63. The van der Waals surface area contributed by atoms with Gasteiger partial charge in [-0.25, -0.2) is 4.79 Å². The van der Waals surface area contributed by atoms with Crippen molar-refractivity contribution in [2.45, 2.75) is 56.3 Å². The van der Waals surface area contributed by atoms with Crippen LogP contribution in [0.5, 0.6) is 5.75 Å². The number of aromatic hydroxyl groups is 1. The molecule has 0 saturated heterocycles. The van der Waals surface area contributed by atoms with Crippen molar-refractivity contribution in [3.8, 4) is 5.75 Å². The van der Waals surface area contributed by atoms with E-state index in [-0.39, 0.29) is 37.9 Å². The van der Waals surface area contributed by atoms with E-state index in [1.807, 2.05) is 24.3 Å². The van der Waals surface area contributed by atoms with Gasteiger partial charge in [-0.05, 0) is 41.3 Å². The molecule has 1 aromatic heterocycles. The van der Waals surface area contributed by atoms with Crippen molar-refractivity contribution < 1.29 is 39.3 Å². The number of para-hydroxylation sites is 1. The van der Waals surface area contributed by atoms with Gasteiger partial charge >= 0.3 is 11.9 Å². The standard InChI is InChI=1S/C34H37N5O8/c35-25(14-15-30(41)42)31(43)37-27(16-20-6-2-1-3-7-20)32(44)38-28(18-22-19-36-26-9-5-4-8-24(22)26)33(45)39-29(34(46)47)17-21-10-12-23(40)13-11-21/h1-13,19,25,27-29,36,40H,14-18,35H2,(H,37,43)(H,38,44)(H,39,45)(H,41,42)(H,46,47). The second kappa shape index (κ2) is 16.0. The summed E-state index contributed by atoms with van der Waals surface area (Å²) < 4.78 is 0. The molecule has 246 valence electrons. The molecule has 0 fully saturated rings.